The number of carbonyl (C=O) groups is 4. The van der Waals surface area contributed by atoms with E-state index in [4.69, 9.17) is 10.8 Å². The molecule has 10 heteroatoms. The lowest BCUT2D eigenvalue weighted by Gasteiger charge is -2.26. The third-order valence-electron chi connectivity index (χ3n) is 4.73. The van der Waals surface area contributed by atoms with Crippen molar-refractivity contribution in [3.63, 3.8) is 0 Å². The van der Waals surface area contributed by atoms with Crippen LogP contribution < -0.4 is 21.7 Å². The second-order valence-corrected chi connectivity index (χ2v) is 8.51. The number of carboxylic acids is 1. The third kappa shape index (κ3) is 9.34. The van der Waals surface area contributed by atoms with Crippen LogP contribution in [0.3, 0.4) is 0 Å². The molecular formula is C22H34N4O6. The van der Waals surface area contributed by atoms with Crippen LogP contribution in [0.5, 0.6) is 5.75 Å². The monoisotopic (exact) mass is 450 g/mol. The highest BCUT2D eigenvalue weighted by Gasteiger charge is 2.30. The smallest absolute Gasteiger partial charge is 0.322 e. The van der Waals surface area contributed by atoms with Gasteiger partial charge in [-0.15, -0.1) is 0 Å². The molecular weight excluding hydrogens is 416 g/mol. The summed E-state index contributed by atoms with van der Waals surface area (Å²) in [6.45, 7) is 6.69. The number of benzene rings is 1. The van der Waals surface area contributed by atoms with Gasteiger partial charge in [-0.2, -0.15) is 0 Å². The normalized spacial score (nSPS) is 13.8. The van der Waals surface area contributed by atoms with Gasteiger partial charge in [-0.1, -0.05) is 39.8 Å². The van der Waals surface area contributed by atoms with E-state index in [0.29, 0.717) is 12.0 Å². The lowest BCUT2D eigenvalue weighted by atomic mass is 10.00. The van der Waals surface area contributed by atoms with E-state index >= 15 is 0 Å². The number of aliphatic carboxylic acids is 1. The number of nitrogens with one attached hydrogen (secondary N) is 3. The molecule has 0 aromatic heterocycles. The molecule has 7 N–H and O–H groups in total. The molecule has 0 radical (unpaired) electrons. The van der Waals surface area contributed by atoms with Gasteiger partial charge in [0.15, 0.2) is 0 Å². The lowest BCUT2D eigenvalue weighted by molar-refractivity contribution is -0.139. The average Bonchev–Trinajstić information content (AvgIpc) is 2.70. The minimum Gasteiger partial charge on any atom is -0.508 e. The lowest BCUT2D eigenvalue weighted by Crippen LogP contribution is -2.58. The van der Waals surface area contributed by atoms with Gasteiger partial charge in [0, 0.05) is 6.42 Å². The predicted molar refractivity (Wildman–Crippen MR) is 119 cm³/mol. The Labute approximate surface area is 187 Å². The SMILES string of the molecule is CC(C)CC(N)C(=O)NC(Cc1ccc(O)cc1)C(=O)NC(C(=O)NCC(=O)O)C(C)C. The molecule has 1 aromatic carbocycles. The third-order valence-corrected chi connectivity index (χ3v) is 4.73. The van der Waals surface area contributed by atoms with E-state index in [1.165, 1.54) is 12.1 Å². The Morgan fingerprint density at radius 1 is 0.938 bits per heavy atom. The molecule has 178 valence electrons. The summed E-state index contributed by atoms with van der Waals surface area (Å²) >= 11 is 0. The Morgan fingerprint density at radius 3 is 2.03 bits per heavy atom. The summed E-state index contributed by atoms with van der Waals surface area (Å²) in [6.07, 6.45) is 0.541. The molecule has 0 bridgehead atoms. The Bertz CT molecular complexity index is 794. The fourth-order valence-electron chi connectivity index (χ4n) is 3.03. The van der Waals surface area contributed by atoms with E-state index < -0.39 is 48.4 Å². The van der Waals surface area contributed by atoms with E-state index in [9.17, 15) is 24.3 Å². The number of hydrogen-bond acceptors (Lipinski definition) is 6. The maximum Gasteiger partial charge on any atom is 0.322 e. The number of phenols is 1. The standard InChI is InChI=1S/C22H34N4O6/c1-12(2)9-16(23)20(30)25-17(10-14-5-7-15(27)8-6-14)21(31)26-19(13(3)4)22(32)24-11-18(28)29/h5-8,12-13,16-17,19,27H,9-11,23H2,1-4H3,(H,24,32)(H,25,30)(H,26,31)(H,28,29). The van der Waals surface area contributed by atoms with E-state index in [1.54, 1.807) is 26.0 Å². The Kier molecular flexibility index (Phi) is 10.6. The van der Waals surface area contributed by atoms with Crippen molar-refractivity contribution in [3.8, 4) is 5.75 Å². The van der Waals surface area contributed by atoms with Crippen LogP contribution in [0, 0.1) is 11.8 Å². The van der Waals surface area contributed by atoms with Crippen molar-refractivity contribution in [1.82, 2.24) is 16.0 Å². The molecule has 3 amide bonds. The molecule has 3 unspecified atom stereocenters. The van der Waals surface area contributed by atoms with Gasteiger partial charge < -0.3 is 31.9 Å². The van der Waals surface area contributed by atoms with Crippen molar-refractivity contribution in [2.24, 2.45) is 17.6 Å². The van der Waals surface area contributed by atoms with Crippen LogP contribution in [-0.4, -0.2) is 58.6 Å². The van der Waals surface area contributed by atoms with Crippen LogP contribution in [0.15, 0.2) is 24.3 Å². The van der Waals surface area contributed by atoms with E-state index in [0.717, 1.165) is 0 Å². The summed E-state index contributed by atoms with van der Waals surface area (Å²) in [7, 11) is 0. The largest absolute Gasteiger partial charge is 0.508 e. The fourth-order valence-corrected chi connectivity index (χ4v) is 3.03. The molecule has 0 heterocycles. The van der Waals surface area contributed by atoms with Crippen molar-refractivity contribution in [2.75, 3.05) is 6.54 Å². The van der Waals surface area contributed by atoms with Crippen molar-refractivity contribution in [3.05, 3.63) is 29.8 Å². The first kappa shape index (κ1) is 26.9. The number of nitrogens with two attached hydrogens (primary N) is 1. The molecule has 0 saturated carbocycles. The van der Waals surface area contributed by atoms with Gasteiger partial charge in [0.05, 0.1) is 6.04 Å². The zero-order valence-corrected chi connectivity index (χ0v) is 18.9. The summed E-state index contributed by atoms with van der Waals surface area (Å²) in [5.74, 6) is -3.02. The molecule has 1 rings (SSSR count). The summed E-state index contributed by atoms with van der Waals surface area (Å²) < 4.78 is 0. The highest BCUT2D eigenvalue weighted by atomic mass is 16.4. The van der Waals surface area contributed by atoms with Gasteiger partial charge >= 0.3 is 5.97 Å². The molecule has 1 aromatic rings. The van der Waals surface area contributed by atoms with Crippen molar-refractivity contribution in [1.29, 1.82) is 0 Å². The maximum absolute atomic E-state index is 13.0. The highest BCUT2D eigenvalue weighted by Crippen LogP contribution is 2.13. The van der Waals surface area contributed by atoms with Crippen LogP contribution in [0.1, 0.15) is 39.7 Å². The van der Waals surface area contributed by atoms with E-state index in [2.05, 4.69) is 16.0 Å². The van der Waals surface area contributed by atoms with Gasteiger partial charge in [-0.25, -0.2) is 0 Å². The molecule has 3 atom stereocenters. The second kappa shape index (κ2) is 12.7. The first-order valence-corrected chi connectivity index (χ1v) is 10.5. The zero-order valence-electron chi connectivity index (χ0n) is 18.9. The number of rotatable bonds is 12. The fraction of sp³-hybridized carbons (Fsp3) is 0.545. The maximum atomic E-state index is 13.0. The average molecular weight is 451 g/mol. The van der Waals surface area contributed by atoms with Crippen LogP contribution in [0.25, 0.3) is 0 Å². The van der Waals surface area contributed by atoms with Gasteiger partial charge in [0.2, 0.25) is 17.7 Å². The Balaban J connectivity index is 3.02. The van der Waals surface area contributed by atoms with Crippen LogP contribution in [0.4, 0.5) is 0 Å². The number of aromatic hydroxyl groups is 1. The number of hydrogen-bond donors (Lipinski definition) is 6. The molecule has 0 fully saturated rings. The predicted octanol–water partition coefficient (Wildman–Crippen LogP) is 0.135. The summed E-state index contributed by atoms with van der Waals surface area (Å²) in [5.41, 5.74) is 6.63. The molecule has 10 nitrogen and oxygen atoms in total. The molecule has 0 aliphatic heterocycles. The number of carbonyl (C=O) groups excluding carboxylic acids is 3. The number of amides is 3. The molecule has 0 spiro atoms. The quantitative estimate of drug-likeness (QED) is 0.263. The van der Waals surface area contributed by atoms with Crippen LogP contribution in [-0.2, 0) is 25.6 Å². The number of carboxylic acid groups (broad SMARTS) is 1. The van der Waals surface area contributed by atoms with Gasteiger partial charge in [0.25, 0.3) is 0 Å². The van der Waals surface area contributed by atoms with Gasteiger partial charge in [-0.3, -0.25) is 19.2 Å². The second-order valence-electron chi connectivity index (χ2n) is 8.51. The molecule has 32 heavy (non-hydrogen) atoms. The minimum absolute atomic E-state index is 0.0627. The van der Waals surface area contributed by atoms with Crippen LogP contribution >= 0.6 is 0 Å². The van der Waals surface area contributed by atoms with Crippen molar-refractivity contribution >= 4 is 23.7 Å². The highest BCUT2D eigenvalue weighted by molar-refractivity contribution is 5.94. The molecule has 0 saturated heterocycles. The zero-order chi connectivity index (χ0) is 24.4. The summed E-state index contributed by atoms with van der Waals surface area (Å²) in [6, 6.07) is 3.35. The first-order valence-electron chi connectivity index (χ1n) is 10.5. The summed E-state index contributed by atoms with van der Waals surface area (Å²) in [5, 5.41) is 25.8. The van der Waals surface area contributed by atoms with Gasteiger partial charge in [0.1, 0.15) is 24.4 Å². The Morgan fingerprint density at radius 2 is 1.53 bits per heavy atom. The summed E-state index contributed by atoms with van der Waals surface area (Å²) in [4.78, 5) is 48.7. The Hall–Kier alpha value is -3.14. The first-order chi connectivity index (χ1) is 14.9. The molecule has 0 aliphatic rings. The molecule has 0 aliphatic carbocycles. The van der Waals surface area contributed by atoms with E-state index in [1.807, 2.05) is 13.8 Å². The number of phenolic OH excluding ortho intramolecular Hbond substituents is 1. The minimum atomic E-state index is -1.20. The van der Waals surface area contributed by atoms with Crippen LogP contribution in [0.2, 0.25) is 0 Å². The van der Waals surface area contributed by atoms with E-state index in [-0.39, 0.29) is 24.0 Å². The van der Waals surface area contributed by atoms with Gasteiger partial charge in [-0.05, 0) is 36.0 Å². The topological polar surface area (TPSA) is 171 Å². The van der Waals surface area contributed by atoms with Crippen molar-refractivity contribution in [2.45, 2.75) is 58.7 Å². The van der Waals surface area contributed by atoms with Crippen molar-refractivity contribution < 1.29 is 29.4 Å².